The van der Waals surface area contributed by atoms with E-state index >= 15 is 0 Å². The molecule has 1 aromatic carbocycles. The van der Waals surface area contributed by atoms with Crippen molar-refractivity contribution in [2.75, 3.05) is 12.8 Å². The number of rotatable bonds is 2. The van der Waals surface area contributed by atoms with E-state index in [4.69, 9.17) is 14.9 Å². The van der Waals surface area contributed by atoms with Crippen molar-refractivity contribution in [2.45, 2.75) is 0 Å². The fourth-order valence-electron chi connectivity index (χ4n) is 2.09. The molecule has 0 atom stereocenters. The number of nitrogens with zero attached hydrogens (tertiary/aromatic N) is 2. The summed E-state index contributed by atoms with van der Waals surface area (Å²) in [5.41, 5.74) is 8.02. The summed E-state index contributed by atoms with van der Waals surface area (Å²) >= 11 is 0. The van der Waals surface area contributed by atoms with Crippen LogP contribution in [-0.2, 0) is 7.05 Å². The molecule has 0 aliphatic carbocycles. The van der Waals surface area contributed by atoms with Crippen molar-refractivity contribution in [3.8, 4) is 17.2 Å². The third-order valence-electron chi connectivity index (χ3n) is 2.94. The predicted molar refractivity (Wildman–Crippen MR) is 69.4 cm³/mol. The lowest BCUT2D eigenvalue weighted by molar-refractivity contribution is 0.419. The molecule has 0 saturated heterocycles. The van der Waals surface area contributed by atoms with Gasteiger partial charge in [-0.05, 0) is 18.2 Å². The summed E-state index contributed by atoms with van der Waals surface area (Å²) in [5.74, 6) is 1.47. The van der Waals surface area contributed by atoms with E-state index in [2.05, 4.69) is 5.10 Å². The minimum atomic E-state index is 0.593. The molecule has 92 valence electrons. The van der Waals surface area contributed by atoms with Crippen LogP contribution >= 0.6 is 0 Å². The van der Waals surface area contributed by atoms with Crippen LogP contribution in [0.3, 0.4) is 0 Å². The Morgan fingerprint density at radius 3 is 2.89 bits per heavy atom. The van der Waals surface area contributed by atoms with Crippen LogP contribution in [0.4, 0.5) is 5.69 Å². The zero-order chi connectivity index (χ0) is 12.7. The van der Waals surface area contributed by atoms with Gasteiger partial charge in [0.05, 0.1) is 24.4 Å². The molecule has 0 unspecified atom stereocenters. The topological polar surface area (TPSA) is 66.2 Å². The lowest BCUT2D eigenvalue weighted by Crippen LogP contribution is -1.94. The molecular formula is C13H13N3O2. The molecule has 2 N–H and O–H groups in total. The van der Waals surface area contributed by atoms with Crippen molar-refractivity contribution in [3.63, 3.8) is 0 Å². The van der Waals surface area contributed by atoms with Crippen LogP contribution in [0.1, 0.15) is 0 Å². The smallest absolute Gasteiger partial charge is 0.155 e. The first-order chi connectivity index (χ1) is 8.70. The van der Waals surface area contributed by atoms with Crippen LogP contribution in [0.15, 0.2) is 34.9 Å². The summed E-state index contributed by atoms with van der Waals surface area (Å²) in [6.07, 6.45) is 1.61. The molecule has 0 amide bonds. The highest BCUT2D eigenvalue weighted by molar-refractivity contribution is 5.89. The minimum Gasteiger partial charge on any atom is -0.496 e. The van der Waals surface area contributed by atoms with Crippen LogP contribution in [0, 0.1) is 0 Å². The molecule has 0 radical (unpaired) electrons. The van der Waals surface area contributed by atoms with Crippen molar-refractivity contribution in [2.24, 2.45) is 7.05 Å². The molecule has 2 heterocycles. The van der Waals surface area contributed by atoms with Crippen LogP contribution in [0.2, 0.25) is 0 Å². The van der Waals surface area contributed by atoms with E-state index in [0.29, 0.717) is 11.4 Å². The van der Waals surface area contributed by atoms with Gasteiger partial charge in [0.15, 0.2) is 5.76 Å². The summed E-state index contributed by atoms with van der Waals surface area (Å²) in [4.78, 5) is 0. The Labute approximate surface area is 104 Å². The van der Waals surface area contributed by atoms with Crippen LogP contribution in [0.25, 0.3) is 22.4 Å². The molecule has 0 spiro atoms. The summed E-state index contributed by atoms with van der Waals surface area (Å²) < 4.78 is 12.8. The third kappa shape index (κ3) is 1.44. The standard InChI is InChI=1S/C13H13N3O2/c1-16-13(9(14)7-15-16)12-6-8-10(17-2)4-3-5-11(8)18-12/h3-7H,14H2,1-2H3. The number of anilines is 1. The van der Waals surface area contributed by atoms with Crippen molar-refractivity contribution in [1.82, 2.24) is 9.78 Å². The SMILES string of the molecule is COc1cccc2oc(-c3c(N)cnn3C)cc12. The first kappa shape index (κ1) is 10.7. The molecule has 0 aliphatic heterocycles. The molecule has 5 nitrogen and oxygen atoms in total. The van der Waals surface area contributed by atoms with Gasteiger partial charge in [-0.2, -0.15) is 5.10 Å². The van der Waals surface area contributed by atoms with E-state index in [1.54, 1.807) is 18.0 Å². The second-order valence-electron chi connectivity index (χ2n) is 4.05. The van der Waals surface area contributed by atoms with Crippen LogP contribution in [-0.4, -0.2) is 16.9 Å². The summed E-state index contributed by atoms with van der Waals surface area (Å²) in [6.45, 7) is 0. The van der Waals surface area contributed by atoms with Gasteiger partial charge in [-0.25, -0.2) is 0 Å². The highest BCUT2D eigenvalue weighted by Crippen LogP contribution is 2.34. The molecule has 18 heavy (non-hydrogen) atoms. The Hall–Kier alpha value is -2.43. The maximum atomic E-state index is 5.89. The zero-order valence-corrected chi connectivity index (χ0v) is 10.2. The van der Waals surface area contributed by atoms with E-state index in [9.17, 15) is 0 Å². The van der Waals surface area contributed by atoms with Gasteiger partial charge in [0, 0.05) is 7.05 Å². The van der Waals surface area contributed by atoms with E-state index in [0.717, 1.165) is 22.4 Å². The third-order valence-corrected chi connectivity index (χ3v) is 2.94. The number of methoxy groups -OCH3 is 1. The van der Waals surface area contributed by atoms with Gasteiger partial charge >= 0.3 is 0 Å². The molecule has 3 rings (SSSR count). The molecule has 3 aromatic rings. The fourth-order valence-corrected chi connectivity index (χ4v) is 2.09. The predicted octanol–water partition coefficient (Wildman–Crippen LogP) is 2.42. The second-order valence-corrected chi connectivity index (χ2v) is 4.05. The maximum Gasteiger partial charge on any atom is 0.155 e. The molecule has 5 heteroatoms. The monoisotopic (exact) mass is 243 g/mol. The molecule has 0 fully saturated rings. The van der Waals surface area contributed by atoms with Crippen molar-refractivity contribution in [3.05, 3.63) is 30.5 Å². The van der Waals surface area contributed by atoms with Gasteiger partial charge in [-0.15, -0.1) is 0 Å². The summed E-state index contributed by atoms with van der Waals surface area (Å²) in [7, 11) is 3.47. The number of furan rings is 1. The average Bonchev–Trinajstić information content (AvgIpc) is 2.92. The van der Waals surface area contributed by atoms with E-state index in [-0.39, 0.29) is 0 Å². The van der Waals surface area contributed by atoms with E-state index in [1.165, 1.54) is 0 Å². The Bertz CT molecular complexity index is 693. The van der Waals surface area contributed by atoms with Crippen molar-refractivity contribution in [1.29, 1.82) is 0 Å². The number of benzene rings is 1. The Balaban J connectivity index is 2.26. The summed E-state index contributed by atoms with van der Waals surface area (Å²) in [5, 5.41) is 5.03. The Kier molecular flexibility index (Phi) is 2.26. The molecular weight excluding hydrogens is 230 g/mol. The largest absolute Gasteiger partial charge is 0.496 e. The average molecular weight is 243 g/mol. The lowest BCUT2D eigenvalue weighted by atomic mass is 10.2. The summed E-state index contributed by atoms with van der Waals surface area (Å²) in [6, 6.07) is 7.60. The number of aryl methyl sites for hydroxylation is 1. The molecule has 0 bridgehead atoms. The number of aromatic nitrogens is 2. The van der Waals surface area contributed by atoms with Crippen molar-refractivity contribution < 1.29 is 9.15 Å². The van der Waals surface area contributed by atoms with Gasteiger partial charge in [0.1, 0.15) is 17.0 Å². The fraction of sp³-hybridized carbons (Fsp3) is 0.154. The number of nitrogen functional groups attached to an aromatic ring is 1. The first-order valence-electron chi connectivity index (χ1n) is 5.55. The van der Waals surface area contributed by atoms with Crippen LogP contribution < -0.4 is 10.5 Å². The number of fused-ring (bicyclic) bond motifs is 1. The van der Waals surface area contributed by atoms with Crippen LogP contribution in [0.5, 0.6) is 5.75 Å². The second kappa shape index (κ2) is 3.80. The molecule has 0 saturated carbocycles. The first-order valence-corrected chi connectivity index (χ1v) is 5.55. The van der Waals surface area contributed by atoms with E-state index < -0.39 is 0 Å². The van der Waals surface area contributed by atoms with Gasteiger partial charge in [-0.3, -0.25) is 4.68 Å². The highest BCUT2D eigenvalue weighted by atomic mass is 16.5. The maximum absolute atomic E-state index is 5.89. The lowest BCUT2D eigenvalue weighted by Gasteiger charge is -1.98. The molecule has 2 aromatic heterocycles. The number of hydrogen-bond donors (Lipinski definition) is 1. The zero-order valence-electron chi connectivity index (χ0n) is 10.2. The number of ether oxygens (including phenoxy) is 1. The number of hydrogen-bond acceptors (Lipinski definition) is 4. The van der Waals surface area contributed by atoms with Crippen molar-refractivity contribution >= 4 is 16.7 Å². The number of nitrogens with two attached hydrogens (primary N) is 1. The molecule has 0 aliphatic rings. The van der Waals surface area contributed by atoms with Gasteiger partial charge in [0.25, 0.3) is 0 Å². The van der Waals surface area contributed by atoms with Gasteiger partial charge < -0.3 is 14.9 Å². The van der Waals surface area contributed by atoms with Gasteiger partial charge in [0.2, 0.25) is 0 Å². The Morgan fingerprint density at radius 1 is 1.39 bits per heavy atom. The van der Waals surface area contributed by atoms with Gasteiger partial charge in [-0.1, -0.05) is 6.07 Å². The quantitative estimate of drug-likeness (QED) is 0.750. The highest BCUT2D eigenvalue weighted by Gasteiger charge is 2.15. The minimum absolute atomic E-state index is 0.593. The van der Waals surface area contributed by atoms with E-state index in [1.807, 2.05) is 31.3 Å². The Morgan fingerprint density at radius 2 is 2.22 bits per heavy atom. The normalized spacial score (nSPS) is 11.0.